The highest BCUT2D eigenvalue weighted by molar-refractivity contribution is 7.15. The van der Waals surface area contributed by atoms with E-state index < -0.39 is 0 Å². The van der Waals surface area contributed by atoms with Crippen LogP contribution in [0.25, 0.3) is 0 Å². The van der Waals surface area contributed by atoms with E-state index in [0.29, 0.717) is 17.0 Å². The van der Waals surface area contributed by atoms with Crippen LogP contribution >= 0.6 is 11.3 Å². The number of hydrogen-bond acceptors (Lipinski definition) is 4. The maximum absolute atomic E-state index is 11.5. The van der Waals surface area contributed by atoms with Crippen LogP contribution in [0.1, 0.15) is 56.9 Å². The topological polar surface area (TPSA) is 54.9 Å². The van der Waals surface area contributed by atoms with Crippen LogP contribution in [0.5, 0.6) is 0 Å². The normalized spacial score (nSPS) is 38.1. The molecule has 20 heavy (non-hydrogen) atoms. The maximum atomic E-state index is 11.5. The Morgan fingerprint density at radius 1 is 1.20 bits per heavy atom. The Hall–Kier alpha value is -0.970. The van der Waals surface area contributed by atoms with Crippen molar-refractivity contribution < 1.29 is 4.79 Å². The summed E-state index contributed by atoms with van der Waals surface area (Å²) in [4.78, 5) is 11.5. The smallest absolute Gasteiger partial charge is 0.225 e. The molecule has 108 valence electrons. The van der Waals surface area contributed by atoms with Gasteiger partial charge in [-0.25, -0.2) is 0 Å². The number of hydrogen-bond donors (Lipinski definition) is 1. The minimum Gasteiger partial charge on any atom is -0.301 e. The molecule has 4 aliphatic carbocycles. The lowest BCUT2D eigenvalue weighted by Crippen LogP contribution is -2.48. The van der Waals surface area contributed by atoms with Gasteiger partial charge >= 0.3 is 0 Å². The van der Waals surface area contributed by atoms with E-state index >= 15 is 0 Å². The molecule has 0 spiro atoms. The number of nitrogens with zero attached hydrogens (tertiary/aromatic N) is 2. The second-order valence-corrected chi connectivity index (χ2v) is 7.99. The standard InChI is InChI=1S/C15H21N3OS/c1-2-12(19)16-14-18-17-13(20-14)15-6-9-3-10(7-15)5-11(4-9)8-15/h9-11H,2-8H2,1H3,(H,16,18,19). The van der Waals surface area contributed by atoms with Crippen molar-refractivity contribution in [1.29, 1.82) is 0 Å². The van der Waals surface area contributed by atoms with Crippen LogP contribution < -0.4 is 5.32 Å². The molecule has 0 aliphatic heterocycles. The summed E-state index contributed by atoms with van der Waals surface area (Å²) >= 11 is 1.61. The summed E-state index contributed by atoms with van der Waals surface area (Å²) in [5, 5.41) is 13.4. The van der Waals surface area contributed by atoms with Crippen molar-refractivity contribution in [2.24, 2.45) is 17.8 Å². The molecule has 1 amide bonds. The molecule has 1 heterocycles. The molecule has 4 fully saturated rings. The fourth-order valence-electron chi connectivity index (χ4n) is 5.07. The average Bonchev–Trinajstić information content (AvgIpc) is 2.86. The van der Waals surface area contributed by atoms with Crippen molar-refractivity contribution in [2.45, 2.75) is 57.3 Å². The van der Waals surface area contributed by atoms with E-state index in [1.54, 1.807) is 11.3 Å². The third-order valence-corrected chi connectivity index (χ3v) is 6.57. The van der Waals surface area contributed by atoms with Crippen LogP contribution in [0.15, 0.2) is 0 Å². The lowest BCUT2D eigenvalue weighted by molar-refractivity contribution is -0.115. The maximum Gasteiger partial charge on any atom is 0.225 e. The Morgan fingerprint density at radius 3 is 2.35 bits per heavy atom. The molecular weight excluding hydrogens is 270 g/mol. The van der Waals surface area contributed by atoms with Crippen LogP contribution in [0, 0.1) is 17.8 Å². The van der Waals surface area contributed by atoms with Gasteiger partial charge in [-0.15, -0.1) is 10.2 Å². The summed E-state index contributed by atoms with van der Waals surface area (Å²) in [7, 11) is 0. The van der Waals surface area contributed by atoms with Crippen molar-refractivity contribution >= 4 is 22.4 Å². The zero-order valence-corrected chi connectivity index (χ0v) is 12.7. The summed E-state index contributed by atoms with van der Waals surface area (Å²) in [6.45, 7) is 1.86. The highest BCUT2D eigenvalue weighted by Gasteiger charge is 2.53. The zero-order valence-electron chi connectivity index (χ0n) is 11.9. The second-order valence-electron chi connectivity index (χ2n) is 7.01. The summed E-state index contributed by atoms with van der Waals surface area (Å²) in [6.07, 6.45) is 8.72. The van der Waals surface area contributed by atoms with Gasteiger partial charge in [-0.05, 0) is 56.3 Å². The SMILES string of the molecule is CCC(=O)Nc1nnc(C23CC4CC(CC(C4)C2)C3)s1. The van der Waals surface area contributed by atoms with Crippen LogP contribution in [0.3, 0.4) is 0 Å². The Labute approximate surface area is 123 Å². The molecule has 5 heteroatoms. The van der Waals surface area contributed by atoms with Crippen molar-refractivity contribution in [2.75, 3.05) is 5.32 Å². The van der Waals surface area contributed by atoms with Gasteiger partial charge < -0.3 is 5.32 Å². The van der Waals surface area contributed by atoms with Gasteiger partial charge in [0.1, 0.15) is 5.01 Å². The molecule has 1 aromatic heterocycles. The summed E-state index contributed by atoms with van der Waals surface area (Å²) in [6, 6.07) is 0. The predicted octanol–water partition coefficient (Wildman–Crippen LogP) is 3.35. The number of carbonyl (C=O) groups is 1. The highest BCUT2D eigenvalue weighted by Crippen LogP contribution is 2.61. The van der Waals surface area contributed by atoms with Crippen molar-refractivity contribution in [3.8, 4) is 0 Å². The number of nitrogens with one attached hydrogen (secondary N) is 1. The first kappa shape index (κ1) is 12.7. The lowest BCUT2D eigenvalue weighted by Gasteiger charge is -2.55. The molecule has 0 radical (unpaired) electrons. The Bertz CT molecular complexity index is 504. The van der Waals surface area contributed by atoms with E-state index in [1.165, 1.54) is 43.5 Å². The number of anilines is 1. The lowest BCUT2D eigenvalue weighted by atomic mass is 9.50. The number of aromatic nitrogens is 2. The van der Waals surface area contributed by atoms with Crippen molar-refractivity contribution in [1.82, 2.24) is 10.2 Å². The first-order valence-corrected chi connectivity index (χ1v) is 8.62. The van der Waals surface area contributed by atoms with Crippen LogP contribution in [-0.4, -0.2) is 16.1 Å². The molecule has 4 saturated carbocycles. The molecule has 0 saturated heterocycles. The quantitative estimate of drug-likeness (QED) is 0.929. The largest absolute Gasteiger partial charge is 0.301 e. The molecule has 5 rings (SSSR count). The third-order valence-electron chi connectivity index (χ3n) is 5.48. The molecule has 1 N–H and O–H groups in total. The zero-order chi connectivity index (χ0) is 13.7. The fourth-order valence-corrected chi connectivity index (χ4v) is 6.05. The fraction of sp³-hybridized carbons (Fsp3) is 0.800. The number of rotatable bonds is 3. The van der Waals surface area contributed by atoms with Gasteiger partial charge in [0.15, 0.2) is 0 Å². The van der Waals surface area contributed by atoms with Gasteiger partial charge in [-0.1, -0.05) is 18.3 Å². The minimum absolute atomic E-state index is 0.0261. The Morgan fingerprint density at radius 2 is 1.80 bits per heavy atom. The monoisotopic (exact) mass is 291 g/mol. The second kappa shape index (κ2) is 4.52. The van der Waals surface area contributed by atoms with Gasteiger partial charge in [0.05, 0.1) is 0 Å². The molecular formula is C15H21N3OS. The summed E-state index contributed by atoms with van der Waals surface area (Å²) in [5.74, 6) is 2.77. The molecule has 0 atom stereocenters. The van der Waals surface area contributed by atoms with Crippen molar-refractivity contribution in [3.63, 3.8) is 0 Å². The molecule has 4 bridgehead atoms. The van der Waals surface area contributed by atoms with Gasteiger partial charge in [0.2, 0.25) is 11.0 Å². The van der Waals surface area contributed by atoms with E-state index in [2.05, 4.69) is 15.5 Å². The predicted molar refractivity (Wildman–Crippen MR) is 78.7 cm³/mol. The van der Waals surface area contributed by atoms with Gasteiger partial charge in [-0.2, -0.15) is 0 Å². The minimum atomic E-state index is 0.0261. The van der Waals surface area contributed by atoms with E-state index in [1.807, 2.05) is 6.92 Å². The number of carbonyl (C=O) groups excluding carboxylic acids is 1. The van der Waals surface area contributed by atoms with E-state index in [-0.39, 0.29) is 5.91 Å². The van der Waals surface area contributed by atoms with E-state index in [4.69, 9.17) is 0 Å². The number of amides is 1. The Kier molecular flexibility index (Phi) is 2.88. The summed E-state index contributed by atoms with van der Waals surface area (Å²) < 4.78 is 0. The Balaban J connectivity index is 1.59. The van der Waals surface area contributed by atoms with Gasteiger partial charge in [-0.3, -0.25) is 4.79 Å². The van der Waals surface area contributed by atoms with Crippen LogP contribution in [-0.2, 0) is 10.2 Å². The highest BCUT2D eigenvalue weighted by atomic mass is 32.1. The van der Waals surface area contributed by atoms with E-state index in [9.17, 15) is 4.79 Å². The van der Waals surface area contributed by atoms with Crippen LogP contribution in [0.2, 0.25) is 0 Å². The van der Waals surface area contributed by atoms with Crippen LogP contribution in [0.4, 0.5) is 5.13 Å². The van der Waals surface area contributed by atoms with Crippen molar-refractivity contribution in [3.05, 3.63) is 5.01 Å². The van der Waals surface area contributed by atoms with Gasteiger partial charge in [0.25, 0.3) is 0 Å². The molecule has 1 aromatic rings. The molecule has 0 unspecified atom stereocenters. The molecule has 4 nitrogen and oxygen atoms in total. The molecule has 0 aromatic carbocycles. The molecule has 4 aliphatic rings. The average molecular weight is 291 g/mol. The van der Waals surface area contributed by atoms with E-state index in [0.717, 1.165) is 17.8 Å². The first-order valence-electron chi connectivity index (χ1n) is 7.81. The first-order chi connectivity index (χ1) is 9.67. The summed E-state index contributed by atoms with van der Waals surface area (Å²) in [5.41, 5.74) is 0.293. The third kappa shape index (κ3) is 1.98. The van der Waals surface area contributed by atoms with Gasteiger partial charge in [0, 0.05) is 11.8 Å².